The first-order valence-electron chi connectivity index (χ1n) is 8.98. The van der Waals surface area contributed by atoms with Gasteiger partial charge in [0.05, 0.1) is 0 Å². The number of nitrogens with zero attached hydrogens (tertiary/aromatic N) is 1. The molecule has 0 saturated carbocycles. The third kappa shape index (κ3) is 4.56. The molecule has 0 aliphatic carbocycles. The molecule has 0 aromatic heterocycles. The summed E-state index contributed by atoms with van der Waals surface area (Å²) >= 11 is 0. The number of para-hydroxylation sites is 1. The molecule has 0 radical (unpaired) electrons. The van der Waals surface area contributed by atoms with Crippen LogP contribution in [0.5, 0.6) is 5.75 Å². The van der Waals surface area contributed by atoms with E-state index in [0.29, 0.717) is 30.8 Å². The van der Waals surface area contributed by atoms with E-state index < -0.39 is 11.6 Å². The maximum atomic E-state index is 12.5. The van der Waals surface area contributed by atoms with Gasteiger partial charge in [-0.25, -0.2) is 4.79 Å². The highest BCUT2D eigenvalue weighted by molar-refractivity contribution is 5.94. The number of hydrogen-bond acceptors (Lipinski definition) is 3. The Bertz CT molecular complexity index is 832. The van der Waals surface area contributed by atoms with Crippen LogP contribution < -0.4 is 4.74 Å². The highest BCUT2D eigenvalue weighted by atomic mass is 16.5. The predicted octanol–water partition coefficient (Wildman–Crippen LogP) is 3.77. The van der Waals surface area contributed by atoms with E-state index in [0.717, 1.165) is 5.57 Å². The van der Waals surface area contributed by atoms with E-state index >= 15 is 0 Å². The monoisotopic (exact) mass is 365 g/mol. The fourth-order valence-corrected chi connectivity index (χ4v) is 3.16. The quantitative estimate of drug-likeness (QED) is 0.792. The second-order valence-corrected chi connectivity index (χ2v) is 6.86. The molecule has 1 heterocycles. The van der Waals surface area contributed by atoms with Gasteiger partial charge in [-0.15, -0.1) is 0 Å². The Morgan fingerprint density at radius 1 is 1.07 bits per heavy atom. The van der Waals surface area contributed by atoms with Crippen molar-refractivity contribution in [3.05, 3.63) is 77.9 Å². The molecule has 1 unspecified atom stereocenters. The number of carbonyl (C=O) groups is 2. The number of aliphatic carboxylic acids is 1. The molecule has 5 heteroatoms. The zero-order valence-electron chi connectivity index (χ0n) is 15.3. The van der Waals surface area contributed by atoms with Crippen molar-refractivity contribution in [3.63, 3.8) is 0 Å². The molecule has 5 nitrogen and oxygen atoms in total. The number of rotatable bonds is 6. The molecule has 1 aliphatic rings. The van der Waals surface area contributed by atoms with Crippen LogP contribution in [0.25, 0.3) is 0 Å². The van der Waals surface area contributed by atoms with Gasteiger partial charge in [-0.05, 0) is 37.6 Å². The molecule has 1 N–H and O–H groups in total. The molecule has 0 bridgehead atoms. The Hall–Kier alpha value is -3.08. The summed E-state index contributed by atoms with van der Waals surface area (Å²) in [6.07, 6.45) is 2.87. The lowest BCUT2D eigenvalue weighted by Gasteiger charge is -2.31. The standard InChI is InChI=1S/C22H23NO4/c1-22(21(25)26,27-19-10-6-3-7-11-19)16-17-12-14-23(15-13-17)20(24)18-8-4-2-5-9-18/h2-12H,13-16H2,1H3,(H,25,26). The van der Waals surface area contributed by atoms with Gasteiger partial charge in [0, 0.05) is 25.1 Å². The van der Waals surface area contributed by atoms with E-state index in [-0.39, 0.29) is 12.3 Å². The van der Waals surface area contributed by atoms with Gasteiger partial charge in [0.1, 0.15) is 5.75 Å². The van der Waals surface area contributed by atoms with Gasteiger partial charge in [-0.2, -0.15) is 0 Å². The molecule has 1 aliphatic heterocycles. The summed E-state index contributed by atoms with van der Waals surface area (Å²) < 4.78 is 5.79. The van der Waals surface area contributed by atoms with Crippen LogP contribution in [0.15, 0.2) is 72.3 Å². The lowest BCUT2D eigenvalue weighted by atomic mass is 9.92. The van der Waals surface area contributed by atoms with E-state index in [1.807, 2.05) is 42.5 Å². The van der Waals surface area contributed by atoms with Gasteiger partial charge >= 0.3 is 5.97 Å². The number of benzene rings is 2. The van der Waals surface area contributed by atoms with Crippen LogP contribution in [0, 0.1) is 0 Å². The van der Waals surface area contributed by atoms with Crippen molar-refractivity contribution < 1.29 is 19.4 Å². The van der Waals surface area contributed by atoms with Crippen molar-refractivity contribution in [1.82, 2.24) is 4.90 Å². The molecule has 140 valence electrons. The van der Waals surface area contributed by atoms with Crippen molar-refractivity contribution in [2.75, 3.05) is 13.1 Å². The van der Waals surface area contributed by atoms with Crippen LogP contribution >= 0.6 is 0 Å². The van der Waals surface area contributed by atoms with Gasteiger partial charge in [0.25, 0.3) is 5.91 Å². The first-order valence-corrected chi connectivity index (χ1v) is 8.98. The average Bonchev–Trinajstić information content (AvgIpc) is 2.69. The number of carbonyl (C=O) groups excluding carboxylic acids is 1. The van der Waals surface area contributed by atoms with Crippen molar-refractivity contribution in [2.24, 2.45) is 0 Å². The highest BCUT2D eigenvalue weighted by Gasteiger charge is 2.37. The van der Waals surface area contributed by atoms with Crippen molar-refractivity contribution in [3.8, 4) is 5.75 Å². The summed E-state index contributed by atoms with van der Waals surface area (Å²) in [6, 6.07) is 18.1. The van der Waals surface area contributed by atoms with Crippen LogP contribution in [0.1, 0.15) is 30.1 Å². The van der Waals surface area contributed by atoms with Gasteiger partial charge < -0.3 is 14.7 Å². The maximum absolute atomic E-state index is 12.5. The fraction of sp³-hybridized carbons (Fsp3) is 0.273. The summed E-state index contributed by atoms with van der Waals surface area (Å²) in [7, 11) is 0. The topological polar surface area (TPSA) is 66.8 Å². The van der Waals surface area contributed by atoms with Crippen LogP contribution in [0.3, 0.4) is 0 Å². The second-order valence-electron chi connectivity index (χ2n) is 6.86. The predicted molar refractivity (Wildman–Crippen MR) is 103 cm³/mol. The van der Waals surface area contributed by atoms with E-state index in [9.17, 15) is 14.7 Å². The second kappa shape index (κ2) is 8.08. The number of carboxylic acids is 1. The van der Waals surface area contributed by atoms with Crippen molar-refractivity contribution >= 4 is 11.9 Å². The molecular weight excluding hydrogens is 342 g/mol. The molecule has 3 rings (SSSR count). The summed E-state index contributed by atoms with van der Waals surface area (Å²) in [5.41, 5.74) is 0.309. The zero-order valence-corrected chi connectivity index (χ0v) is 15.3. The lowest BCUT2D eigenvalue weighted by Crippen LogP contribution is -2.43. The van der Waals surface area contributed by atoms with Crippen molar-refractivity contribution in [1.29, 1.82) is 0 Å². The highest BCUT2D eigenvalue weighted by Crippen LogP contribution is 2.28. The Balaban J connectivity index is 1.67. The third-order valence-electron chi connectivity index (χ3n) is 4.71. The smallest absolute Gasteiger partial charge is 0.348 e. The molecule has 0 saturated heterocycles. The van der Waals surface area contributed by atoms with E-state index in [2.05, 4.69) is 0 Å². The van der Waals surface area contributed by atoms with E-state index in [4.69, 9.17) is 4.74 Å². The zero-order chi connectivity index (χ0) is 19.3. The largest absolute Gasteiger partial charge is 0.478 e. The van der Waals surface area contributed by atoms with Gasteiger partial charge in [0.15, 0.2) is 0 Å². The third-order valence-corrected chi connectivity index (χ3v) is 4.71. The van der Waals surface area contributed by atoms with E-state index in [1.54, 1.807) is 36.1 Å². The summed E-state index contributed by atoms with van der Waals surface area (Å²) in [6.45, 7) is 2.63. The Kier molecular flexibility index (Phi) is 5.60. The average molecular weight is 365 g/mol. The molecule has 1 atom stereocenters. The van der Waals surface area contributed by atoms with E-state index in [1.165, 1.54) is 0 Å². The molecular formula is C22H23NO4. The Morgan fingerprint density at radius 2 is 1.70 bits per heavy atom. The minimum Gasteiger partial charge on any atom is -0.478 e. The number of carboxylic acid groups (broad SMARTS) is 1. The molecule has 0 fully saturated rings. The van der Waals surface area contributed by atoms with Crippen LogP contribution in [-0.2, 0) is 4.79 Å². The first-order chi connectivity index (χ1) is 13.0. The van der Waals surface area contributed by atoms with Gasteiger partial charge in [0.2, 0.25) is 5.60 Å². The van der Waals surface area contributed by atoms with Crippen LogP contribution in [0.4, 0.5) is 0 Å². The van der Waals surface area contributed by atoms with Gasteiger partial charge in [-0.1, -0.05) is 48.0 Å². The molecule has 0 spiro atoms. The Labute approximate surface area is 158 Å². The van der Waals surface area contributed by atoms with Crippen molar-refractivity contribution in [2.45, 2.75) is 25.4 Å². The molecule has 27 heavy (non-hydrogen) atoms. The number of hydrogen-bond donors (Lipinski definition) is 1. The van der Waals surface area contributed by atoms with Crippen LogP contribution in [-0.4, -0.2) is 40.6 Å². The molecule has 2 aromatic carbocycles. The normalized spacial score (nSPS) is 16.2. The summed E-state index contributed by atoms with van der Waals surface area (Å²) in [4.78, 5) is 26.1. The Morgan fingerprint density at radius 3 is 2.26 bits per heavy atom. The minimum absolute atomic E-state index is 0.00701. The summed E-state index contributed by atoms with van der Waals surface area (Å²) in [5.74, 6) is -0.484. The fourth-order valence-electron chi connectivity index (χ4n) is 3.16. The van der Waals surface area contributed by atoms with Gasteiger partial charge in [-0.3, -0.25) is 4.79 Å². The SMILES string of the molecule is CC(CC1=CCN(C(=O)c2ccccc2)CC1)(Oc1ccccc1)C(=O)O. The number of ether oxygens (including phenoxy) is 1. The minimum atomic E-state index is -1.35. The summed E-state index contributed by atoms with van der Waals surface area (Å²) in [5, 5.41) is 9.70. The maximum Gasteiger partial charge on any atom is 0.348 e. The first kappa shape index (κ1) is 18.7. The molecule has 2 aromatic rings. The number of amides is 1. The molecule has 1 amide bonds. The lowest BCUT2D eigenvalue weighted by molar-refractivity contribution is -0.153. The van der Waals surface area contributed by atoms with Crippen LogP contribution in [0.2, 0.25) is 0 Å².